The van der Waals surface area contributed by atoms with Crippen molar-refractivity contribution in [1.82, 2.24) is 5.43 Å². The SMILES string of the molecule is Br.C=CCN=C1NN(c2ccc3c(c2)OCCO3)C(C(=O)Nc2ccccc2)=C(C)S1. The van der Waals surface area contributed by atoms with E-state index in [9.17, 15) is 4.79 Å². The van der Waals surface area contributed by atoms with Gasteiger partial charge in [0.15, 0.2) is 16.7 Å². The number of nitrogens with zero attached hydrogens (tertiary/aromatic N) is 2. The van der Waals surface area contributed by atoms with Crippen molar-refractivity contribution in [3.8, 4) is 11.5 Å². The number of ether oxygens (including phenoxy) is 2. The minimum absolute atomic E-state index is 0. The third-order valence-electron chi connectivity index (χ3n) is 4.41. The van der Waals surface area contributed by atoms with Gasteiger partial charge in [-0.2, -0.15) is 0 Å². The molecular formula is C22H23BrN4O3S. The van der Waals surface area contributed by atoms with Crippen LogP contribution >= 0.6 is 28.7 Å². The third-order valence-corrected chi connectivity index (χ3v) is 5.32. The highest BCUT2D eigenvalue weighted by molar-refractivity contribution is 8.93. The number of allylic oxidation sites excluding steroid dienone is 1. The van der Waals surface area contributed by atoms with Crippen LogP contribution in [0, 0.1) is 0 Å². The molecular weight excluding hydrogens is 480 g/mol. The van der Waals surface area contributed by atoms with E-state index in [2.05, 4.69) is 22.3 Å². The Hall–Kier alpha value is -2.91. The van der Waals surface area contributed by atoms with Crippen molar-refractivity contribution >= 4 is 51.2 Å². The summed E-state index contributed by atoms with van der Waals surface area (Å²) in [6.07, 6.45) is 1.72. The molecule has 0 aliphatic carbocycles. The number of thioether (sulfide) groups is 1. The molecule has 1 amide bonds. The first-order valence-corrected chi connectivity index (χ1v) is 10.3. The van der Waals surface area contributed by atoms with E-state index in [1.807, 2.05) is 55.5 Å². The minimum Gasteiger partial charge on any atom is -0.486 e. The molecule has 0 spiro atoms. The lowest BCUT2D eigenvalue weighted by Gasteiger charge is -2.34. The molecule has 2 aliphatic heterocycles. The highest BCUT2D eigenvalue weighted by Gasteiger charge is 2.29. The van der Waals surface area contributed by atoms with Crippen LogP contribution < -0.4 is 25.2 Å². The number of rotatable bonds is 5. The van der Waals surface area contributed by atoms with Gasteiger partial charge in [0.1, 0.15) is 18.9 Å². The summed E-state index contributed by atoms with van der Waals surface area (Å²) in [6, 6.07) is 14.9. The maximum atomic E-state index is 13.2. The van der Waals surface area contributed by atoms with E-state index >= 15 is 0 Å². The smallest absolute Gasteiger partial charge is 0.275 e. The average molecular weight is 503 g/mol. The number of amidine groups is 1. The van der Waals surface area contributed by atoms with Gasteiger partial charge >= 0.3 is 0 Å². The van der Waals surface area contributed by atoms with Crippen molar-refractivity contribution in [1.29, 1.82) is 0 Å². The predicted molar refractivity (Wildman–Crippen MR) is 131 cm³/mol. The molecule has 0 saturated carbocycles. The Balaban J connectivity index is 0.00000272. The Bertz CT molecular complexity index is 1030. The van der Waals surface area contributed by atoms with Crippen molar-refractivity contribution in [3.05, 3.63) is 71.8 Å². The van der Waals surface area contributed by atoms with Crippen molar-refractivity contribution in [2.24, 2.45) is 4.99 Å². The van der Waals surface area contributed by atoms with Crippen LogP contribution in [0.25, 0.3) is 0 Å². The highest BCUT2D eigenvalue weighted by Crippen LogP contribution is 2.37. The van der Waals surface area contributed by atoms with Gasteiger partial charge in [-0.3, -0.25) is 15.2 Å². The summed E-state index contributed by atoms with van der Waals surface area (Å²) >= 11 is 1.41. The molecule has 7 nitrogen and oxygen atoms in total. The van der Waals surface area contributed by atoms with Crippen LogP contribution in [-0.2, 0) is 4.79 Å². The molecule has 0 atom stereocenters. The molecule has 0 unspecified atom stereocenters. The number of hydrogen-bond donors (Lipinski definition) is 2. The fourth-order valence-electron chi connectivity index (χ4n) is 3.08. The number of anilines is 2. The van der Waals surface area contributed by atoms with Crippen molar-refractivity contribution in [3.63, 3.8) is 0 Å². The zero-order valence-corrected chi connectivity index (χ0v) is 19.5. The zero-order valence-electron chi connectivity index (χ0n) is 17.0. The first-order chi connectivity index (χ1) is 14.7. The predicted octanol–water partition coefficient (Wildman–Crippen LogP) is 4.51. The first kappa shape index (κ1) is 22.8. The molecule has 2 aromatic carbocycles. The van der Waals surface area contributed by atoms with E-state index in [0.717, 1.165) is 16.3 Å². The van der Waals surface area contributed by atoms with Gasteiger partial charge in [0.25, 0.3) is 5.91 Å². The minimum atomic E-state index is -0.226. The lowest BCUT2D eigenvalue weighted by Crippen LogP contribution is -2.47. The highest BCUT2D eigenvalue weighted by atomic mass is 79.9. The summed E-state index contributed by atoms with van der Waals surface area (Å²) in [4.78, 5) is 18.5. The summed E-state index contributed by atoms with van der Waals surface area (Å²) < 4.78 is 11.3. The standard InChI is InChI=1S/C22H22N4O3S.BrH/c1-3-11-23-22-25-26(17-9-10-18-19(14-17)29-13-12-28-18)20(15(2)30-22)21(27)24-16-7-5-4-6-8-16;/h3-10,14H,1,11-13H2,2H3,(H,23,25)(H,24,27);1H. The number of benzene rings is 2. The Morgan fingerprint density at radius 2 is 1.97 bits per heavy atom. The third kappa shape index (κ3) is 5.23. The molecule has 0 aromatic heterocycles. The number of carbonyl (C=O) groups is 1. The number of para-hydroxylation sites is 1. The molecule has 162 valence electrons. The van der Waals surface area contributed by atoms with Crippen molar-refractivity contribution in [2.75, 3.05) is 30.1 Å². The molecule has 2 aliphatic rings. The van der Waals surface area contributed by atoms with Crippen LogP contribution in [0.2, 0.25) is 0 Å². The Labute approximate surface area is 195 Å². The second-order valence-corrected chi connectivity index (χ2v) is 7.74. The molecule has 31 heavy (non-hydrogen) atoms. The Morgan fingerprint density at radius 1 is 1.23 bits per heavy atom. The maximum Gasteiger partial charge on any atom is 0.275 e. The van der Waals surface area contributed by atoms with E-state index in [-0.39, 0.29) is 22.9 Å². The van der Waals surface area contributed by atoms with Crippen LogP contribution in [0.5, 0.6) is 11.5 Å². The van der Waals surface area contributed by atoms with Crippen LogP contribution in [0.3, 0.4) is 0 Å². The second-order valence-electron chi connectivity index (χ2n) is 6.54. The van der Waals surface area contributed by atoms with Crippen LogP contribution in [0.1, 0.15) is 6.92 Å². The molecule has 0 fully saturated rings. The Kier molecular flexibility index (Phi) is 7.64. The van der Waals surface area contributed by atoms with Gasteiger partial charge in [0.2, 0.25) is 0 Å². The van der Waals surface area contributed by atoms with E-state index in [1.54, 1.807) is 11.1 Å². The summed E-state index contributed by atoms with van der Waals surface area (Å²) in [5.74, 6) is 1.10. The van der Waals surface area contributed by atoms with E-state index in [4.69, 9.17) is 9.47 Å². The number of amides is 1. The van der Waals surface area contributed by atoms with Crippen LogP contribution in [-0.4, -0.2) is 30.8 Å². The lowest BCUT2D eigenvalue weighted by molar-refractivity contribution is -0.113. The second kappa shape index (κ2) is 10.4. The summed E-state index contributed by atoms with van der Waals surface area (Å²) in [5, 5.41) is 5.36. The summed E-state index contributed by atoms with van der Waals surface area (Å²) in [6.45, 7) is 7.10. The summed E-state index contributed by atoms with van der Waals surface area (Å²) in [5.41, 5.74) is 5.19. The van der Waals surface area contributed by atoms with Gasteiger partial charge in [-0.15, -0.1) is 23.6 Å². The topological polar surface area (TPSA) is 75.2 Å². The molecule has 9 heteroatoms. The lowest BCUT2D eigenvalue weighted by atomic mass is 10.2. The number of carbonyl (C=O) groups excluding carboxylic acids is 1. The molecule has 0 saturated heterocycles. The molecule has 2 N–H and O–H groups in total. The van der Waals surface area contributed by atoms with Gasteiger partial charge in [0, 0.05) is 16.7 Å². The number of hydrogen-bond acceptors (Lipinski definition) is 6. The van der Waals surface area contributed by atoms with E-state index < -0.39 is 0 Å². The van der Waals surface area contributed by atoms with E-state index in [0.29, 0.717) is 42.1 Å². The van der Waals surface area contributed by atoms with Gasteiger partial charge < -0.3 is 14.8 Å². The quantitative estimate of drug-likeness (QED) is 0.586. The number of aliphatic imine (C=N–C) groups is 1. The largest absolute Gasteiger partial charge is 0.486 e. The number of nitrogens with one attached hydrogen (secondary N) is 2. The molecule has 2 heterocycles. The first-order valence-electron chi connectivity index (χ1n) is 9.52. The van der Waals surface area contributed by atoms with Gasteiger partial charge in [-0.25, -0.2) is 5.01 Å². The average Bonchev–Trinajstić information content (AvgIpc) is 2.77. The van der Waals surface area contributed by atoms with Gasteiger partial charge in [0.05, 0.1) is 12.2 Å². The molecule has 0 bridgehead atoms. The van der Waals surface area contributed by atoms with Gasteiger partial charge in [-0.05, 0) is 31.2 Å². The van der Waals surface area contributed by atoms with Crippen LogP contribution in [0.15, 0.2) is 76.8 Å². The van der Waals surface area contributed by atoms with E-state index in [1.165, 1.54) is 11.8 Å². The fourth-order valence-corrected chi connectivity index (χ4v) is 3.92. The van der Waals surface area contributed by atoms with Gasteiger partial charge in [-0.1, -0.05) is 36.0 Å². The zero-order chi connectivity index (χ0) is 20.9. The molecule has 0 radical (unpaired) electrons. The molecule has 2 aromatic rings. The van der Waals surface area contributed by atoms with Crippen molar-refractivity contribution < 1.29 is 14.3 Å². The fraction of sp³-hybridized carbons (Fsp3) is 0.182. The van der Waals surface area contributed by atoms with Crippen LogP contribution in [0.4, 0.5) is 11.4 Å². The monoisotopic (exact) mass is 502 g/mol. The summed E-state index contributed by atoms with van der Waals surface area (Å²) in [7, 11) is 0. The normalized spacial score (nSPS) is 16.3. The number of fused-ring (bicyclic) bond motifs is 1. The number of hydrazine groups is 1. The maximum absolute atomic E-state index is 13.2. The Morgan fingerprint density at radius 3 is 2.71 bits per heavy atom. The van der Waals surface area contributed by atoms with Crippen molar-refractivity contribution in [2.45, 2.75) is 6.92 Å². The molecule has 4 rings (SSSR count). The number of halogens is 1.